The lowest BCUT2D eigenvalue weighted by atomic mass is 9.78. The fourth-order valence-electron chi connectivity index (χ4n) is 2.17. The van der Waals surface area contributed by atoms with E-state index in [0.717, 1.165) is 5.56 Å². The topological polar surface area (TPSA) is 41.5 Å². The molecule has 0 saturated heterocycles. The van der Waals surface area contributed by atoms with Crippen LogP contribution in [-0.2, 0) is 6.54 Å². The molecule has 1 aliphatic rings. The first kappa shape index (κ1) is 12.2. The van der Waals surface area contributed by atoms with E-state index in [4.69, 9.17) is 4.74 Å². The molecule has 0 bridgehead atoms. The maximum atomic E-state index is 10.0. The summed E-state index contributed by atoms with van der Waals surface area (Å²) < 4.78 is 5.37. The van der Waals surface area contributed by atoms with Crippen LogP contribution in [0, 0.1) is 0 Å². The molecular formula is C14H21NO2. The van der Waals surface area contributed by atoms with Crippen LogP contribution >= 0.6 is 0 Å². The summed E-state index contributed by atoms with van der Waals surface area (Å²) in [4.78, 5) is 0. The fourth-order valence-corrected chi connectivity index (χ4v) is 2.17. The molecule has 0 radical (unpaired) electrons. The van der Waals surface area contributed by atoms with Crippen molar-refractivity contribution in [2.24, 2.45) is 0 Å². The van der Waals surface area contributed by atoms with Crippen LogP contribution < -0.4 is 10.1 Å². The van der Waals surface area contributed by atoms with Crippen LogP contribution in [0.4, 0.5) is 0 Å². The molecule has 3 nitrogen and oxygen atoms in total. The van der Waals surface area contributed by atoms with Gasteiger partial charge in [-0.1, -0.05) is 12.1 Å². The van der Waals surface area contributed by atoms with Crippen LogP contribution in [-0.4, -0.2) is 17.3 Å². The van der Waals surface area contributed by atoms with Crippen molar-refractivity contribution in [1.82, 2.24) is 5.32 Å². The Hall–Kier alpha value is -1.22. The van der Waals surface area contributed by atoms with Crippen LogP contribution in [0.3, 0.4) is 0 Å². The molecule has 0 aromatic heterocycles. The first-order valence-electron chi connectivity index (χ1n) is 6.33. The average molecular weight is 235 g/mol. The highest BCUT2D eigenvalue weighted by atomic mass is 16.5. The van der Waals surface area contributed by atoms with Gasteiger partial charge in [-0.15, -0.1) is 0 Å². The van der Waals surface area contributed by atoms with E-state index in [1.54, 1.807) is 6.07 Å². The van der Waals surface area contributed by atoms with Crippen molar-refractivity contribution >= 4 is 0 Å². The number of hydrogen-bond donors (Lipinski definition) is 2. The van der Waals surface area contributed by atoms with E-state index in [2.05, 4.69) is 12.2 Å². The van der Waals surface area contributed by atoms with Crippen molar-refractivity contribution in [3.63, 3.8) is 0 Å². The van der Waals surface area contributed by atoms with E-state index in [0.29, 0.717) is 18.9 Å². The summed E-state index contributed by atoms with van der Waals surface area (Å²) in [6.45, 7) is 5.42. The molecule has 1 saturated carbocycles. The second-order valence-corrected chi connectivity index (χ2v) is 4.96. The van der Waals surface area contributed by atoms with Gasteiger partial charge >= 0.3 is 0 Å². The predicted octanol–water partition coefficient (Wildman–Crippen LogP) is 2.82. The molecule has 3 heteroatoms. The van der Waals surface area contributed by atoms with Crippen molar-refractivity contribution in [2.45, 2.75) is 45.2 Å². The molecule has 94 valence electrons. The number of benzene rings is 1. The first-order valence-corrected chi connectivity index (χ1v) is 6.33. The lowest BCUT2D eigenvalue weighted by molar-refractivity contribution is 0.205. The number of hydrogen-bond acceptors (Lipinski definition) is 3. The minimum absolute atomic E-state index is 0.258. The van der Waals surface area contributed by atoms with Crippen molar-refractivity contribution in [2.75, 3.05) is 6.61 Å². The lowest BCUT2D eigenvalue weighted by Gasteiger charge is -2.39. The molecule has 0 aliphatic heterocycles. The van der Waals surface area contributed by atoms with Gasteiger partial charge in [0.15, 0.2) is 11.5 Å². The number of ether oxygens (including phenoxy) is 1. The van der Waals surface area contributed by atoms with E-state index in [9.17, 15) is 5.11 Å². The number of para-hydroxylation sites is 1. The zero-order valence-electron chi connectivity index (χ0n) is 10.6. The second-order valence-electron chi connectivity index (χ2n) is 4.96. The Morgan fingerprint density at radius 3 is 2.76 bits per heavy atom. The highest BCUT2D eigenvalue weighted by Gasteiger charge is 2.30. The smallest absolute Gasteiger partial charge is 0.162 e. The van der Waals surface area contributed by atoms with Gasteiger partial charge in [0.25, 0.3) is 0 Å². The van der Waals surface area contributed by atoms with Gasteiger partial charge in [-0.05, 0) is 39.2 Å². The Kier molecular flexibility index (Phi) is 3.57. The van der Waals surface area contributed by atoms with E-state index in [1.165, 1.54) is 19.3 Å². The number of phenols is 1. The highest BCUT2D eigenvalue weighted by molar-refractivity contribution is 5.45. The molecule has 0 amide bonds. The zero-order chi connectivity index (χ0) is 12.3. The number of phenolic OH excluding ortho intramolecular Hbond substituents is 1. The summed E-state index contributed by atoms with van der Waals surface area (Å²) in [7, 11) is 0. The molecule has 1 aromatic carbocycles. The van der Waals surface area contributed by atoms with Crippen molar-refractivity contribution in [3.05, 3.63) is 23.8 Å². The van der Waals surface area contributed by atoms with E-state index < -0.39 is 0 Å². The summed E-state index contributed by atoms with van der Waals surface area (Å²) in [5.41, 5.74) is 1.16. The molecule has 2 rings (SSSR count). The Morgan fingerprint density at radius 1 is 1.41 bits per heavy atom. The van der Waals surface area contributed by atoms with E-state index in [1.807, 2.05) is 19.1 Å². The van der Waals surface area contributed by atoms with Gasteiger partial charge < -0.3 is 15.2 Å². The molecule has 0 heterocycles. The van der Waals surface area contributed by atoms with Gasteiger partial charge in [0.2, 0.25) is 0 Å². The molecule has 1 aliphatic carbocycles. The minimum Gasteiger partial charge on any atom is -0.504 e. The van der Waals surface area contributed by atoms with Crippen LogP contribution in [0.15, 0.2) is 18.2 Å². The molecule has 17 heavy (non-hydrogen) atoms. The Morgan fingerprint density at radius 2 is 2.18 bits per heavy atom. The van der Waals surface area contributed by atoms with E-state index >= 15 is 0 Å². The maximum absolute atomic E-state index is 10.0. The van der Waals surface area contributed by atoms with Crippen LogP contribution in [0.25, 0.3) is 0 Å². The number of nitrogens with one attached hydrogen (secondary N) is 1. The molecule has 1 fully saturated rings. The molecule has 1 aromatic rings. The molecular weight excluding hydrogens is 214 g/mol. The predicted molar refractivity (Wildman–Crippen MR) is 68.4 cm³/mol. The van der Waals surface area contributed by atoms with E-state index in [-0.39, 0.29) is 11.3 Å². The van der Waals surface area contributed by atoms with Crippen LogP contribution in [0.5, 0.6) is 11.5 Å². The van der Waals surface area contributed by atoms with Gasteiger partial charge in [-0.2, -0.15) is 0 Å². The fraction of sp³-hybridized carbons (Fsp3) is 0.571. The average Bonchev–Trinajstić information content (AvgIpc) is 2.28. The summed E-state index contributed by atoms with van der Waals surface area (Å²) in [5, 5.41) is 13.5. The van der Waals surface area contributed by atoms with Gasteiger partial charge in [-0.3, -0.25) is 0 Å². The maximum Gasteiger partial charge on any atom is 0.162 e. The monoisotopic (exact) mass is 235 g/mol. The van der Waals surface area contributed by atoms with Gasteiger partial charge in [0, 0.05) is 17.6 Å². The second kappa shape index (κ2) is 4.96. The van der Waals surface area contributed by atoms with Gasteiger partial charge in [-0.25, -0.2) is 0 Å². The summed E-state index contributed by atoms with van der Waals surface area (Å²) in [6, 6.07) is 5.66. The van der Waals surface area contributed by atoms with Crippen LogP contribution in [0.1, 0.15) is 38.7 Å². The first-order chi connectivity index (χ1) is 8.14. The third-order valence-corrected chi connectivity index (χ3v) is 3.55. The third-order valence-electron chi connectivity index (χ3n) is 3.55. The summed E-state index contributed by atoms with van der Waals surface area (Å²) in [5.74, 6) is 0.843. The van der Waals surface area contributed by atoms with Gasteiger partial charge in [0.05, 0.1) is 6.61 Å². The lowest BCUT2D eigenvalue weighted by Crippen LogP contribution is -2.47. The SMILES string of the molecule is CCOc1cccc(CNC2(C)CCC2)c1O. The Bertz CT molecular complexity index is 386. The molecule has 2 N–H and O–H groups in total. The Labute approximate surface area is 103 Å². The standard InChI is InChI=1S/C14H21NO2/c1-3-17-12-7-4-6-11(13(12)16)10-15-14(2)8-5-9-14/h4,6-7,15-16H,3,5,8-10H2,1-2H3. The third kappa shape index (κ3) is 2.72. The molecule has 0 atom stereocenters. The van der Waals surface area contributed by atoms with Crippen molar-refractivity contribution < 1.29 is 9.84 Å². The molecule has 0 unspecified atom stereocenters. The van der Waals surface area contributed by atoms with Crippen LogP contribution in [0.2, 0.25) is 0 Å². The quantitative estimate of drug-likeness (QED) is 0.824. The largest absolute Gasteiger partial charge is 0.504 e. The number of rotatable bonds is 5. The summed E-state index contributed by atoms with van der Waals surface area (Å²) >= 11 is 0. The zero-order valence-corrected chi connectivity index (χ0v) is 10.6. The molecule has 0 spiro atoms. The number of aromatic hydroxyl groups is 1. The normalized spacial score (nSPS) is 17.5. The Balaban J connectivity index is 2.02. The highest BCUT2D eigenvalue weighted by Crippen LogP contribution is 2.33. The minimum atomic E-state index is 0.258. The van der Waals surface area contributed by atoms with Crippen molar-refractivity contribution in [1.29, 1.82) is 0 Å². The van der Waals surface area contributed by atoms with Gasteiger partial charge in [0.1, 0.15) is 0 Å². The summed E-state index contributed by atoms with van der Waals surface area (Å²) in [6.07, 6.45) is 3.74. The van der Waals surface area contributed by atoms with Crippen molar-refractivity contribution in [3.8, 4) is 11.5 Å².